The third-order valence-corrected chi connectivity index (χ3v) is 3.93. The Morgan fingerprint density at radius 2 is 1.35 bits per heavy atom. The van der Waals surface area contributed by atoms with Crippen molar-refractivity contribution in [3.8, 4) is 0 Å². The standard InChI is InChI=1S/C17H10Cl2O/c18-15-8-7-14(10-16(15)19)17(20)13-6-5-11-3-1-2-4-12(11)9-13/h1-10H. The van der Waals surface area contributed by atoms with E-state index in [0.717, 1.165) is 10.8 Å². The molecule has 0 amide bonds. The summed E-state index contributed by atoms with van der Waals surface area (Å²) in [7, 11) is 0. The average Bonchev–Trinajstić information content (AvgIpc) is 2.49. The number of fused-ring (bicyclic) bond motifs is 1. The first kappa shape index (κ1) is 13.2. The number of hydrogen-bond donors (Lipinski definition) is 0. The molecule has 0 aromatic heterocycles. The van der Waals surface area contributed by atoms with Crippen LogP contribution in [-0.4, -0.2) is 5.78 Å². The van der Waals surface area contributed by atoms with E-state index in [4.69, 9.17) is 23.2 Å². The molecule has 0 fully saturated rings. The third kappa shape index (κ3) is 2.43. The molecule has 0 unspecified atom stereocenters. The largest absolute Gasteiger partial charge is 0.289 e. The first-order valence-electron chi connectivity index (χ1n) is 6.14. The van der Waals surface area contributed by atoms with E-state index in [2.05, 4.69) is 0 Å². The van der Waals surface area contributed by atoms with Crippen molar-refractivity contribution in [2.75, 3.05) is 0 Å². The zero-order valence-corrected chi connectivity index (χ0v) is 11.9. The van der Waals surface area contributed by atoms with E-state index in [1.165, 1.54) is 0 Å². The molecule has 0 bridgehead atoms. The highest BCUT2D eigenvalue weighted by Gasteiger charge is 2.11. The maximum Gasteiger partial charge on any atom is 0.193 e. The first-order valence-corrected chi connectivity index (χ1v) is 6.89. The molecule has 1 nitrogen and oxygen atoms in total. The van der Waals surface area contributed by atoms with Gasteiger partial charge in [-0.3, -0.25) is 4.79 Å². The number of ketones is 1. The molecule has 20 heavy (non-hydrogen) atoms. The fraction of sp³-hybridized carbons (Fsp3) is 0. The van der Waals surface area contributed by atoms with Crippen molar-refractivity contribution >= 4 is 39.8 Å². The number of carbonyl (C=O) groups excluding carboxylic acids is 1. The van der Waals surface area contributed by atoms with E-state index in [0.29, 0.717) is 21.2 Å². The Hall–Kier alpha value is -1.83. The highest BCUT2D eigenvalue weighted by molar-refractivity contribution is 6.42. The van der Waals surface area contributed by atoms with Crippen LogP contribution in [0.15, 0.2) is 60.7 Å². The van der Waals surface area contributed by atoms with Crippen molar-refractivity contribution in [1.29, 1.82) is 0 Å². The maximum absolute atomic E-state index is 12.5. The second-order valence-corrected chi connectivity index (χ2v) is 5.33. The smallest absolute Gasteiger partial charge is 0.193 e. The second-order valence-electron chi connectivity index (χ2n) is 4.52. The number of benzene rings is 3. The van der Waals surface area contributed by atoms with E-state index in [9.17, 15) is 4.79 Å². The summed E-state index contributed by atoms with van der Waals surface area (Å²) in [5.74, 6) is -0.0608. The Morgan fingerprint density at radius 1 is 0.700 bits per heavy atom. The van der Waals surface area contributed by atoms with Gasteiger partial charge in [0.05, 0.1) is 10.0 Å². The highest BCUT2D eigenvalue weighted by Crippen LogP contribution is 2.25. The Balaban J connectivity index is 2.05. The number of carbonyl (C=O) groups is 1. The maximum atomic E-state index is 12.5. The van der Waals surface area contributed by atoms with Gasteiger partial charge in [0, 0.05) is 11.1 Å². The Morgan fingerprint density at radius 3 is 2.10 bits per heavy atom. The third-order valence-electron chi connectivity index (χ3n) is 3.19. The summed E-state index contributed by atoms with van der Waals surface area (Å²) >= 11 is 11.8. The van der Waals surface area contributed by atoms with E-state index in [1.807, 2.05) is 42.5 Å². The zero-order valence-electron chi connectivity index (χ0n) is 10.4. The summed E-state index contributed by atoms with van der Waals surface area (Å²) in [6.45, 7) is 0. The monoisotopic (exact) mass is 300 g/mol. The molecule has 0 radical (unpaired) electrons. The lowest BCUT2D eigenvalue weighted by molar-refractivity contribution is 0.103. The van der Waals surface area contributed by atoms with Crippen LogP contribution in [0.5, 0.6) is 0 Å². The minimum atomic E-state index is -0.0608. The zero-order chi connectivity index (χ0) is 14.1. The van der Waals surface area contributed by atoms with Crippen LogP contribution in [0.3, 0.4) is 0 Å². The molecule has 0 saturated carbocycles. The Kier molecular flexibility index (Phi) is 3.47. The molecule has 3 heteroatoms. The summed E-state index contributed by atoms with van der Waals surface area (Å²) in [6.07, 6.45) is 0. The molecule has 0 N–H and O–H groups in total. The van der Waals surface area contributed by atoms with Crippen LogP contribution in [0.2, 0.25) is 10.0 Å². The van der Waals surface area contributed by atoms with E-state index in [1.54, 1.807) is 18.2 Å². The van der Waals surface area contributed by atoms with Gasteiger partial charge in [-0.2, -0.15) is 0 Å². The van der Waals surface area contributed by atoms with Crippen molar-refractivity contribution in [2.24, 2.45) is 0 Å². The summed E-state index contributed by atoms with van der Waals surface area (Å²) in [5.41, 5.74) is 1.18. The predicted molar refractivity (Wildman–Crippen MR) is 83.8 cm³/mol. The minimum absolute atomic E-state index is 0.0608. The van der Waals surface area contributed by atoms with Gasteiger partial charge in [0.15, 0.2) is 5.78 Å². The van der Waals surface area contributed by atoms with Gasteiger partial charge in [0.1, 0.15) is 0 Å². The van der Waals surface area contributed by atoms with Crippen LogP contribution in [0.1, 0.15) is 15.9 Å². The summed E-state index contributed by atoms with van der Waals surface area (Å²) < 4.78 is 0. The topological polar surface area (TPSA) is 17.1 Å². The van der Waals surface area contributed by atoms with Crippen LogP contribution < -0.4 is 0 Å². The van der Waals surface area contributed by atoms with Crippen molar-refractivity contribution < 1.29 is 4.79 Å². The highest BCUT2D eigenvalue weighted by atomic mass is 35.5. The molecule has 0 spiro atoms. The van der Waals surface area contributed by atoms with Gasteiger partial charge >= 0.3 is 0 Å². The molecule has 98 valence electrons. The normalized spacial score (nSPS) is 10.7. The molecule has 0 aliphatic heterocycles. The van der Waals surface area contributed by atoms with Gasteiger partial charge in [0.2, 0.25) is 0 Å². The fourth-order valence-electron chi connectivity index (χ4n) is 2.13. The van der Waals surface area contributed by atoms with Gasteiger partial charge in [-0.25, -0.2) is 0 Å². The van der Waals surface area contributed by atoms with Crippen LogP contribution in [0, 0.1) is 0 Å². The quantitative estimate of drug-likeness (QED) is 0.581. The van der Waals surface area contributed by atoms with Crippen LogP contribution in [-0.2, 0) is 0 Å². The predicted octanol–water partition coefficient (Wildman–Crippen LogP) is 5.38. The molecular formula is C17H10Cl2O. The fourth-order valence-corrected chi connectivity index (χ4v) is 2.43. The molecule has 0 heterocycles. The summed E-state index contributed by atoms with van der Waals surface area (Å²) in [5, 5.41) is 2.98. The van der Waals surface area contributed by atoms with Gasteiger partial charge in [-0.15, -0.1) is 0 Å². The van der Waals surface area contributed by atoms with Crippen molar-refractivity contribution in [2.45, 2.75) is 0 Å². The van der Waals surface area contributed by atoms with Crippen molar-refractivity contribution in [3.05, 3.63) is 81.8 Å². The van der Waals surface area contributed by atoms with E-state index in [-0.39, 0.29) is 5.78 Å². The van der Waals surface area contributed by atoms with Gasteiger partial charge < -0.3 is 0 Å². The van der Waals surface area contributed by atoms with Crippen LogP contribution in [0.4, 0.5) is 0 Å². The first-order chi connectivity index (χ1) is 9.65. The lowest BCUT2D eigenvalue weighted by Gasteiger charge is -2.05. The number of hydrogen-bond acceptors (Lipinski definition) is 1. The lowest BCUT2D eigenvalue weighted by Crippen LogP contribution is -2.01. The Labute approximate surface area is 126 Å². The minimum Gasteiger partial charge on any atom is -0.289 e. The number of rotatable bonds is 2. The van der Waals surface area contributed by atoms with Crippen molar-refractivity contribution in [3.63, 3.8) is 0 Å². The molecule has 3 aromatic rings. The molecule has 3 rings (SSSR count). The van der Waals surface area contributed by atoms with Crippen LogP contribution in [0.25, 0.3) is 10.8 Å². The second kappa shape index (κ2) is 5.28. The molecule has 0 saturated heterocycles. The molecule has 0 aliphatic rings. The lowest BCUT2D eigenvalue weighted by atomic mass is 10.00. The molecule has 0 aliphatic carbocycles. The summed E-state index contributed by atoms with van der Waals surface area (Å²) in [4.78, 5) is 12.5. The van der Waals surface area contributed by atoms with E-state index < -0.39 is 0 Å². The Bertz CT molecular complexity index is 809. The average molecular weight is 301 g/mol. The van der Waals surface area contributed by atoms with Crippen LogP contribution >= 0.6 is 23.2 Å². The number of halogens is 2. The molecule has 3 aromatic carbocycles. The molecular weight excluding hydrogens is 291 g/mol. The molecule has 0 atom stereocenters. The van der Waals surface area contributed by atoms with Gasteiger partial charge in [0.25, 0.3) is 0 Å². The van der Waals surface area contributed by atoms with E-state index >= 15 is 0 Å². The van der Waals surface area contributed by atoms with Gasteiger partial charge in [-0.05, 0) is 35.0 Å². The van der Waals surface area contributed by atoms with Gasteiger partial charge in [-0.1, -0.05) is 59.6 Å². The SMILES string of the molecule is O=C(c1ccc(Cl)c(Cl)c1)c1ccc2ccccc2c1. The summed E-state index contributed by atoms with van der Waals surface area (Å²) in [6, 6.07) is 18.5. The van der Waals surface area contributed by atoms with Crippen molar-refractivity contribution in [1.82, 2.24) is 0 Å².